The van der Waals surface area contributed by atoms with E-state index in [1.54, 1.807) is 0 Å². The highest BCUT2D eigenvalue weighted by atomic mass is 32.1. The molecule has 2 heteroatoms. The Balaban J connectivity index is 2.21. The molecule has 1 rings (SSSR count). The third-order valence-corrected chi connectivity index (χ3v) is 3.43. The topological polar surface area (TPSA) is 12.0 Å². The lowest BCUT2D eigenvalue weighted by Gasteiger charge is -2.00. The van der Waals surface area contributed by atoms with Crippen molar-refractivity contribution < 1.29 is 0 Å². The van der Waals surface area contributed by atoms with Crippen LogP contribution in [0.25, 0.3) is 0 Å². The number of nitrogens with one attached hydrogen (secondary N) is 1. The number of thiophene rings is 1. The first kappa shape index (κ1) is 11.5. The van der Waals surface area contributed by atoms with Crippen molar-refractivity contribution in [2.75, 3.05) is 6.54 Å². The maximum atomic E-state index is 3.71. The molecule has 0 spiro atoms. The molecule has 0 aromatic carbocycles. The summed E-state index contributed by atoms with van der Waals surface area (Å²) in [5, 5.41) is 3.44. The van der Waals surface area contributed by atoms with Crippen LogP contribution in [0, 0.1) is 13.8 Å². The van der Waals surface area contributed by atoms with Crippen molar-refractivity contribution in [3.05, 3.63) is 34.0 Å². The molecule has 0 amide bonds. The highest BCUT2D eigenvalue weighted by molar-refractivity contribution is 7.12. The van der Waals surface area contributed by atoms with Gasteiger partial charge < -0.3 is 5.32 Å². The van der Waals surface area contributed by atoms with Crippen LogP contribution in [0.2, 0.25) is 0 Å². The Kier molecular flexibility index (Phi) is 4.91. The molecule has 0 saturated carbocycles. The van der Waals surface area contributed by atoms with Crippen LogP contribution in [0.15, 0.2) is 18.7 Å². The van der Waals surface area contributed by atoms with Gasteiger partial charge in [0.1, 0.15) is 0 Å². The van der Waals surface area contributed by atoms with Crippen LogP contribution < -0.4 is 5.32 Å². The van der Waals surface area contributed by atoms with Crippen molar-refractivity contribution in [1.82, 2.24) is 5.32 Å². The lowest BCUT2D eigenvalue weighted by atomic mass is 10.3. The van der Waals surface area contributed by atoms with Crippen LogP contribution in [0.4, 0.5) is 0 Å². The van der Waals surface area contributed by atoms with E-state index < -0.39 is 0 Å². The standard InChI is InChI=1S/C12H19NS/c1-4-5-6-7-13-9-12-8-10(2)11(3)14-12/h4,8,13H,1,5-7,9H2,2-3H3. The molecule has 1 N–H and O–H groups in total. The van der Waals surface area contributed by atoms with Crippen LogP contribution in [-0.4, -0.2) is 6.54 Å². The van der Waals surface area contributed by atoms with E-state index in [0.717, 1.165) is 19.5 Å². The molecule has 1 aromatic rings. The minimum Gasteiger partial charge on any atom is -0.312 e. The summed E-state index contributed by atoms with van der Waals surface area (Å²) < 4.78 is 0. The fraction of sp³-hybridized carbons (Fsp3) is 0.500. The molecule has 0 bridgehead atoms. The van der Waals surface area contributed by atoms with E-state index in [-0.39, 0.29) is 0 Å². The first-order chi connectivity index (χ1) is 6.74. The van der Waals surface area contributed by atoms with Gasteiger partial charge in [-0.25, -0.2) is 0 Å². The van der Waals surface area contributed by atoms with Crippen LogP contribution >= 0.6 is 11.3 Å². The quantitative estimate of drug-likeness (QED) is 0.559. The maximum absolute atomic E-state index is 3.71. The highest BCUT2D eigenvalue weighted by Gasteiger charge is 1.99. The van der Waals surface area contributed by atoms with E-state index in [1.807, 2.05) is 17.4 Å². The third kappa shape index (κ3) is 3.64. The summed E-state index contributed by atoms with van der Waals surface area (Å²) in [5.41, 5.74) is 1.41. The van der Waals surface area contributed by atoms with Crippen LogP contribution in [0.1, 0.15) is 28.2 Å². The second-order valence-electron chi connectivity index (χ2n) is 3.56. The molecule has 0 radical (unpaired) electrons. The van der Waals surface area contributed by atoms with Crippen molar-refractivity contribution in [2.24, 2.45) is 0 Å². The van der Waals surface area contributed by atoms with Crippen molar-refractivity contribution in [1.29, 1.82) is 0 Å². The summed E-state index contributed by atoms with van der Waals surface area (Å²) in [7, 11) is 0. The maximum Gasteiger partial charge on any atom is 0.0299 e. The second kappa shape index (κ2) is 5.99. The SMILES string of the molecule is C=CCCCNCc1cc(C)c(C)s1. The predicted molar refractivity (Wildman–Crippen MR) is 64.9 cm³/mol. The monoisotopic (exact) mass is 209 g/mol. The molecule has 1 aromatic heterocycles. The summed E-state index contributed by atoms with van der Waals surface area (Å²) in [6.45, 7) is 10.2. The van der Waals surface area contributed by atoms with Gasteiger partial charge in [0, 0.05) is 16.3 Å². The minimum absolute atomic E-state index is 1.01. The van der Waals surface area contributed by atoms with E-state index in [0.29, 0.717) is 0 Å². The summed E-state index contributed by atoms with van der Waals surface area (Å²) >= 11 is 1.90. The Labute approximate surface area is 90.9 Å². The molecule has 0 aliphatic rings. The zero-order valence-corrected chi connectivity index (χ0v) is 9.91. The average Bonchev–Trinajstić information content (AvgIpc) is 2.46. The molecule has 0 aliphatic carbocycles. The summed E-state index contributed by atoms with van der Waals surface area (Å²) in [6, 6.07) is 2.28. The number of hydrogen-bond acceptors (Lipinski definition) is 2. The summed E-state index contributed by atoms with van der Waals surface area (Å²) in [4.78, 5) is 2.88. The number of unbranched alkanes of at least 4 members (excludes halogenated alkanes) is 1. The van der Waals surface area contributed by atoms with Gasteiger partial charge in [0.25, 0.3) is 0 Å². The van der Waals surface area contributed by atoms with E-state index >= 15 is 0 Å². The fourth-order valence-corrected chi connectivity index (χ4v) is 2.34. The van der Waals surface area contributed by atoms with Crippen LogP contribution in [0.5, 0.6) is 0 Å². The highest BCUT2D eigenvalue weighted by Crippen LogP contribution is 2.20. The fourth-order valence-electron chi connectivity index (χ4n) is 1.32. The lowest BCUT2D eigenvalue weighted by Crippen LogP contribution is -2.13. The van der Waals surface area contributed by atoms with Gasteiger partial charge in [-0.15, -0.1) is 17.9 Å². The lowest BCUT2D eigenvalue weighted by molar-refractivity contribution is 0.660. The van der Waals surface area contributed by atoms with Crippen molar-refractivity contribution in [3.8, 4) is 0 Å². The smallest absolute Gasteiger partial charge is 0.0299 e. The van der Waals surface area contributed by atoms with Crippen LogP contribution in [-0.2, 0) is 6.54 Å². The Morgan fingerprint density at radius 2 is 2.29 bits per heavy atom. The third-order valence-electron chi connectivity index (χ3n) is 2.28. The predicted octanol–water partition coefficient (Wildman–Crippen LogP) is 3.42. The van der Waals surface area contributed by atoms with Gasteiger partial charge in [0.15, 0.2) is 0 Å². The average molecular weight is 209 g/mol. The molecule has 1 heterocycles. The van der Waals surface area contributed by atoms with Gasteiger partial charge in [0.2, 0.25) is 0 Å². The summed E-state index contributed by atoms with van der Waals surface area (Å²) in [5.74, 6) is 0. The van der Waals surface area contributed by atoms with E-state index in [4.69, 9.17) is 0 Å². The zero-order chi connectivity index (χ0) is 10.4. The van der Waals surface area contributed by atoms with E-state index in [9.17, 15) is 0 Å². The molecule has 1 nitrogen and oxygen atoms in total. The number of aryl methyl sites for hydroxylation is 2. The largest absolute Gasteiger partial charge is 0.312 e. The van der Waals surface area contributed by atoms with Gasteiger partial charge in [-0.3, -0.25) is 0 Å². The summed E-state index contributed by atoms with van der Waals surface area (Å²) in [6.07, 6.45) is 4.27. The molecular formula is C12H19NS. The zero-order valence-electron chi connectivity index (χ0n) is 9.10. The van der Waals surface area contributed by atoms with Crippen molar-refractivity contribution in [2.45, 2.75) is 33.2 Å². The molecule has 0 atom stereocenters. The van der Waals surface area contributed by atoms with Gasteiger partial charge >= 0.3 is 0 Å². The van der Waals surface area contributed by atoms with Gasteiger partial charge in [-0.1, -0.05) is 6.08 Å². The first-order valence-corrected chi connectivity index (χ1v) is 5.93. The molecular weight excluding hydrogens is 190 g/mol. The molecule has 0 saturated heterocycles. The number of rotatable bonds is 6. The van der Waals surface area contributed by atoms with Crippen molar-refractivity contribution >= 4 is 11.3 Å². The Bertz CT molecular complexity index is 269. The molecule has 0 aliphatic heterocycles. The number of hydrogen-bond donors (Lipinski definition) is 1. The normalized spacial score (nSPS) is 10.4. The molecule has 78 valence electrons. The van der Waals surface area contributed by atoms with Gasteiger partial charge in [-0.2, -0.15) is 0 Å². The Morgan fingerprint density at radius 1 is 1.50 bits per heavy atom. The van der Waals surface area contributed by atoms with Gasteiger partial charge in [0.05, 0.1) is 0 Å². The Hall–Kier alpha value is -0.600. The van der Waals surface area contributed by atoms with Crippen LogP contribution in [0.3, 0.4) is 0 Å². The molecule has 14 heavy (non-hydrogen) atoms. The van der Waals surface area contributed by atoms with Gasteiger partial charge in [-0.05, 0) is 44.9 Å². The first-order valence-electron chi connectivity index (χ1n) is 5.11. The second-order valence-corrected chi connectivity index (χ2v) is 4.90. The molecule has 0 fully saturated rings. The molecule has 0 unspecified atom stereocenters. The van der Waals surface area contributed by atoms with Crippen molar-refractivity contribution in [3.63, 3.8) is 0 Å². The van der Waals surface area contributed by atoms with E-state index in [1.165, 1.54) is 21.7 Å². The Morgan fingerprint density at radius 3 is 2.86 bits per heavy atom. The number of allylic oxidation sites excluding steroid dienone is 1. The minimum atomic E-state index is 1.01. The van der Waals surface area contributed by atoms with E-state index in [2.05, 4.69) is 31.8 Å².